The molecule has 0 unspecified atom stereocenters. The van der Waals surface area contributed by atoms with Crippen molar-refractivity contribution < 1.29 is 4.79 Å². The van der Waals surface area contributed by atoms with Gasteiger partial charge in [-0.05, 0) is 37.0 Å². The van der Waals surface area contributed by atoms with E-state index in [1.165, 1.54) is 19.3 Å². The Bertz CT molecular complexity index is 880. The number of hydrogen-bond donors (Lipinski definition) is 2. The lowest BCUT2D eigenvalue weighted by molar-refractivity contribution is 0.0946. The number of nitrogens with one attached hydrogen (secondary N) is 2. The summed E-state index contributed by atoms with van der Waals surface area (Å²) >= 11 is 0. The zero-order valence-corrected chi connectivity index (χ0v) is 14.6. The first-order valence-corrected chi connectivity index (χ1v) is 9.20. The van der Waals surface area contributed by atoms with E-state index in [9.17, 15) is 10.1 Å². The second-order valence-corrected chi connectivity index (χ2v) is 6.92. The maximum Gasteiger partial charge on any atom is 0.251 e. The van der Waals surface area contributed by atoms with E-state index in [0.717, 1.165) is 30.4 Å². The van der Waals surface area contributed by atoms with E-state index in [4.69, 9.17) is 0 Å². The van der Waals surface area contributed by atoms with Gasteiger partial charge >= 0.3 is 0 Å². The van der Waals surface area contributed by atoms with Crippen LogP contribution in [0.5, 0.6) is 0 Å². The van der Waals surface area contributed by atoms with Gasteiger partial charge in [-0.15, -0.1) is 0 Å². The van der Waals surface area contributed by atoms with Gasteiger partial charge in [0.15, 0.2) is 0 Å². The van der Waals surface area contributed by atoms with Crippen LogP contribution in [0.4, 0.5) is 5.95 Å². The van der Waals surface area contributed by atoms with Gasteiger partial charge in [-0.2, -0.15) is 5.26 Å². The lowest BCUT2D eigenvalue weighted by Gasteiger charge is -2.23. The first-order chi connectivity index (χ1) is 12.7. The van der Waals surface area contributed by atoms with Gasteiger partial charge in [0.05, 0.1) is 17.5 Å². The van der Waals surface area contributed by atoms with Gasteiger partial charge in [0.2, 0.25) is 5.95 Å². The van der Waals surface area contributed by atoms with Crippen LogP contribution in [0.1, 0.15) is 53.6 Å². The molecule has 0 saturated heterocycles. The third-order valence-electron chi connectivity index (χ3n) is 5.15. The number of rotatable bonds is 3. The Morgan fingerprint density at radius 1 is 1.23 bits per heavy atom. The third-order valence-corrected chi connectivity index (χ3v) is 5.15. The standard InChI is InChI=1S/C20H21N5O/c21-11-15-12-23-20(24-16-4-2-1-3-5-16)25-18(15)14-6-7-17-13(10-14)8-9-22-19(17)26/h6-7,10,12,16H,1-5,8-9H2,(H,22,26)(H,23,24,25). The minimum absolute atomic E-state index is 0.0411. The Hall–Kier alpha value is -2.94. The summed E-state index contributed by atoms with van der Waals surface area (Å²) < 4.78 is 0. The summed E-state index contributed by atoms with van der Waals surface area (Å²) in [5, 5.41) is 15.7. The molecule has 1 saturated carbocycles. The van der Waals surface area contributed by atoms with Crippen LogP contribution in [-0.4, -0.2) is 28.5 Å². The van der Waals surface area contributed by atoms with Crippen molar-refractivity contribution in [1.29, 1.82) is 5.26 Å². The second kappa shape index (κ2) is 7.12. The SMILES string of the molecule is N#Cc1cnc(NC2CCCCC2)nc1-c1ccc2c(c1)CCNC2=O. The molecule has 4 rings (SSSR count). The fourth-order valence-corrected chi connectivity index (χ4v) is 3.76. The van der Waals surface area contributed by atoms with Crippen molar-refractivity contribution in [1.82, 2.24) is 15.3 Å². The van der Waals surface area contributed by atoms with Crippen molar-refractivity contribution in [3.63, 3.8) is 0 Å². The van der Waals surface area contributed by atoms with Crippen LogP contribution in [-0.2, 0) is 6.42 Å². The monoisotopic (exact) mass is 347 g/mol. The third kappa shape index (κ3) is 3.25. The normalized spacial score (nSPS) is 17.1. The molecule has 1 aliphatic carbocycles. The van der Waals surface area contributed by atoms with Crippen molar-refractivity contribution in [2.24, 2.45) is 0 Å². The molecular formula is C20H21N5O. The highest BCUT2D eigenvalue weighted by molar-refractivity contribution is 5.97. The van der Waals surface area contributed by atoms with Gasteiger partial charge in [-0.1, -0.05) is 25.3 Å². The van der Waals surface area contributed by atoms with E-state index in [1.54, 1.807) is 6.20 Å². The molecule has 1 aromatic heterocycles. The number of nitrogens with zero attached hydrogens (tertiary/aromatic N) is 3. The van der Waals surface area contributed by atoms with Crippen molar-refractivity contribution in [3.8, 4) is 17.3 Å². The van der Waals surface area contributed by atoms with Crippen LogP contribution < -0.4 is 10.6 Å². The number of anilines is 1. The number of fused-ring (bicyclic) bond motifs is 1. The van der Waals surface area contributed by atoms with E-state index in [2.05, 4.69) is 26.7 Å². The van der Waals surface area contributed by atoms with E-state index in [-0.39, 0.29) is 5.91 Å². The summed E-state index contributed by atoms with van der Waals surface area (Å²) in [6.07, 6.45) is 8.38. The van der Waals surface area contributed by atoms with Crippen LogP contribution in [0.3, 0.4) is 0 Å². The van der Waals surface area contributed by atoms with Crippen molar-refractivity contribution in [3.05, 3.63) is 41.1 Å². The molecule has 0 atom stereocenters. The lowest BCUT2D eigenvalue weighted by atomic mass is 9.95. The van der Waals surface area contributed by atoms with Gasteiger partial charge in [-0.25, -0.2) is 9.97 Å². The van der Waals surface area contributed by atoms with E-state index in [1.807, 2.05) is 18.2 Å². The predicted molar refractivity (Wildman–Crippen MR) is 98.7 cm³/mol. The topological polar surface area (TPSA) is 90.7 Å². The van der Waals surface area contributed by atoms with Crippen LogP contribution in [0.25, 0.3) is 11.3 Å². The molecule has 6 nitrogen and oxygen atoms in total. The van der Waals surface area contributed by atoms with Crippen molar-refractivity contribution in [2.45, 2.75) is 44.6 Å². The van der Waals surface area contributed by atoms with E-state index in [0.29, 0.717) is 35.4 Å². The Morgan fingerprint density at radius 3 is 2.88 bits per heavy atom. The van der Waals surface area contributed by atoms with Crippen LogP contribution >= 0.6 is 0 Å². The number of aromatic nitrogens is 2. The van der Waals surface area contributed by atoms with Crippen LogP contribution in [0.15, 0.2) is 24.4 Å². The molecule has 1 amide bonds. The number of nitriles is 1. The minimum atomic E-state index is -0.0411. The summed E-state index contributed by atoms with van der Waals surface area (Å²) in [5.74, 6) is 0.530. The largest absolute Gasteiger partial charge is 0.352 e. The highest BCUT2D eigenvalue weighted by Gasteiger charge is 2.19. The summed E-state index contributed by atoms with van der Waals surface area (Å²) in [6, 6.07) is 8.23. The minimum Gasteiger partial charge on any atom is -0.352 e. The van der Waals surface area contributed by atoms with Gasteiger partial charge in [0.1, 0.15) is 6.07 Å². The molecular weight excluding hydrogens is 326 g/mol. The second-order valence-electron chi connectivity index (χ2n) is 6.92. The average molecular weight is 347 g/mol. The molecule has 1 fully saturated rings. The molecule has 2 heterocycles. The smallest absolute Gasteiger partial charge is 0.251 e. The molecule has 2 N–H and O–H groups in total. The fraction of sp³-hybridized carbons (Fsp3) is 0.400. The van der Waals surface area contributed by atoms with Gasteiger partial charge in [-0.3, -0.25) is 4.79 Å². The average Bonchev–Trinajstić information content (AvgIpc) is 2.69. The summed E-state index contributed by atoms with van der Waals surface area (Å²) in [7, 11) is 0. The molecule has 0 spiro atoms. The highest BCUT2D eigenvalue weighted by Crippen LogP contribution is 2.27. The number of carbonyl (C=O) groups is 1. The number of benzene rings is 1. The maximum absolute atomic E-state index is 11.9. The Kier molecular flexibility index (Phi) is 4.53. The zero-order valence-electron chi connectivity index (χ0n) is 14.6. The molecule has 0 bridgehead atoms. The molecule has 132 valence electrons. The molecule has 2 aliphatic rings. The summed E-state index contributed by atoms with van der Waals surface area (Å²) in [4.78, 5) is 20.9. The van der Waals surface area contributed by atoms with Crippen molar-refractivity contribution in [2.75, 3.05) is 11.9 Å². The highest BCUT2D eigenvalue weighted by atomic mass is 16.1. The molecule has 26 heavy (non-hydrogen) atoms. The Balaban J connectivity index is 1.67. The van der Waals surface area contributed by atoms with Gasteiger partial charge < -0.3 is 10.6 Å². The maximum atomic E-state index is 11.9. The van der Waals surface area contributed by atoms with Gasteiger partial charge in [0, 0.05) is 23.7 Å². The molecule has 0 radical (unpaired) electrons. The zero-order chi connectivity index (χ0) is 17.9. The first-order valence-electron chi connectivity index (χ1n) is 9.20. The molecule has 6 heteroatoms. The number of hydrogen-bond acceptors (Lipinski definition) is 5. The first kappa shape index (κ1) is 16.5. The Labute approximate surface area is 152 Å². The summed E-state index contributed by atoms with van der Waals surface area (Å²) in [5.41, 5.74) is 3.61. The summed E-state index contributed by atoms with van der Waals surface area (Å²) in [6.45, 7) is 0.638. The predicted octanol–water partition coefficient (Wildman–Crippen LogP) is 3.05. The lowest BCUT2D eigenvalue weighted by Crippen LogP contribution is -2.31. The quantitative estimate of drug-likeness (QED) is 0.890. The number of carbonyl (C=O) groups excluding carboxylic acids is 1. The van der Waals surface area contributed by atoms with E-state index >= 15 is 0 Å². The molecule has 2 aromatic rings. The van der Waals surface area contributed by atoms with Crippen LogP contribution in [0, 0.1) is 11.3 Å². The van der Waals surface area contributed by atoms with E-state index < -0.39 is 0 Å². The fourth-order valence-electron chi connectivity index (χ4n) is 3.76. The Morgan fingerprint density at radius 2 is 2.08 bits per heavy atom. The number of amides is 1. The molecule has 1 aromatic carbocycles. The van der Waals surface area contributed by atoms with Gasteiger partial charge in [0.25, 0.3) is 5.91 Å². The molecule has 1 aliphatic heterocycles. The van der Waals surface area contributed by atoms with Crippen LogP contribution in [0.2, 0.25) is 0 Å². The van der Waals surface area contributed by atoms with Crippen molar-refractivity contribution >= 4 is 11.9 Å².